The van der Waals surface area contributed by atoms with Crippen LogP contribution in [0.4, 0.5) is 0 Å². The van der Waals surface area contributed by atoms with Gasteiger partial charge >= 0.3 is 0 Å². The molecule has 0 radical (unpaired) electrons. The van der Waals surface area contributed by atoms with Crippen molar-refractivity contribution < 1.29 is 19.1 Å². The topological polar surface area (TPSA) is 91.8 Å². The Balaban J connectivity index is 1.37. The molecule has 3 aliphatic heterocycles. The third kappa shape index (κ3) is 4.82. The zero-order chi connectivity index (χ0) is 24.3. The predicted molar refractivity (Wildman–Crippen MR) is 132 cm³/mol. The smallest absolute Gasteiger partial charge is 0.273 e. The summed E-state index contributed by atoms with van der Waals surface area (Å²) in [6.07, 6.45) is 7.52. The summed E-state index contributed by atoms with van der Waals surface area (Å²) in [4.78, 5) is 47.5. The maximum atomic E-state index is 14.0. The summed E-state index contributed by atoms with van der Waals surface area (Å²) in [5.74, 6) is 0.446. The van der Waals surface area contributed by atoms with E-state index in [1.165, 1.54) is 11.3 Å². The van der Waals surface area contributed by atoms with Gasteiger partial charge in [0, 0.05) is 31.6 Å². The number of benzene rings is 1. The van der Waals surface area contributed by atoms with Crippen molar-refractivity contribution in [2.45, 2.75) is 38.1 Å². The van der Waals surface area contributed by atoms with Crippen LogP contribution in [0.5, 0.6) is 5.75 Å². The summed E-state index contributed by atoms with van der Waals surface area (Å²) in [5, 5.41) is 4.69. The first-order chi connectivity index (χ1) is 17.1. The molecule has 1 aromatic carbocycles. The minimum atomic E-state index is -0.565. The van der Waals surface area contributed by atoms with Crippen LogP contribution in [0.1, 0.15) is 53.0 Å². The largest absolute Gasteiger partial charge is 0.491 e. The van der Waals surface area contributed by atoms with Crippen molar-refractivity contribution in [3.63, 3.8) is 0 Å². The molecule has 0 aliphatic carbocycles. The summed E-state index contributed by atoms with van der Waals surface area (Å²) >= 11 is 1.41. The molecule has 4 heterocycles. The SMILES string of the molecule is O=C1NC/C=C\CC2(CCN(C(=O)c3cscn3)CC2)C(=O)N2CCC[C@@H]2COc2ccccc21. The number of allylic oxidation sites excluding steroid dienone is 1. The number of carbonyl (C=O) groups excluding carboxylic acids is 3. The zero-order valence-electron chi connectivity index (χ0n) is 19.7. The third-order valence-corrected chi connectivity index (χ3v) is 7.96. The summed E-state index contributed by atoms with van der Waals surface area (Å²) in [6.45, 7) is 2.49. The Morgan fingerprint density at radius 2 is 1.97 bits per heavy atom. The molecule has 0 bridgehead atoms. The molecular weight excluding hydrogens is 464 g/mol. The van der Waals surface area contributed by atoms with Gasteiger partial charge in [0.15, 0.2) is 0 Å². The van der Waals surface area contributed by atoms with E-state index in [0.717, 1.165) is 12.8 Å². The number of carbonyl (C=O) groups is 3. The van der Waals surface area contributed by atoms with E-state index in [2.05, 4.69) is 10.3 Å². The van der Waals surface area contributed by atoms with Crippen LogP contribution in [0.25, 0.3) is 0 Å². The fraction of sp³-hybridized carbons (Fsp3) is 0.462. The summed E-state index contributed by atoms with van der Waals surface area (Å²) in [6, 6.07) is 7.20. The van der Waals surface area contributed by atoms with Crippen molar-refractivity contribution in [3.8, 4) is 5.75 Å². The average Bonchev–Trinajstić information content (AvgIpc) is 3.59. The average molecular weight is 495 g/mol. The van der Waals surface area contributed by atoms with Gasteiger partial charge in [-0.1, -0.05) is 24.3 Å². The van der Waals surface area contributed by atoms with Crippen LogP contribution in [0.15, 0.2) is 47.3 Å². The maximum absolute atomic E-state index is 14.0. The highest BCUT2D eigenvalue weighted by atomic mass is 32.1. The van der Waals surface area contributed by atoms with Gasteiger partial charge in [-0.25, -0.2) is 4.98 Å². The number of nitrogens with one attached hydrogen (secondary N) is 1. The number of hydrogen-bond donors (Lipinski definition) is 1. The molecule has 2 fully saturated rings. The molecule has 0 saturated carbocycles. The highest BCUT2D eigenvalue weighted by Gasteiger charge is 2.46. The van der Waals surface area contributed by atoms with E-state index in [0.29, 0.717) is 69.1 Å². The number of para-hydroxylation sites is 1. The molecular formula is C26H30N4O4S. The lowest BCUT2D eigenvalue weighted by atomic mass is 9.74. The lowest BCUT2D eigenvalue weighted by molar-refractivity contribution is -0.146. The van der Waals surface area contributed by atoms with Gasteiger partial charge in [-0.05, 0) is 44.2 Å². The van der Waals surface area contributed by atoms with Gasteiger partial charge in [0.1, 0.15) is 18.1 Å². The number of hydrogen-bond acceptors (Lipinski definition) is 6. The normalized spacial score (nSPS) is 23.6. The van der Waals surface area contributed by atoms with Gasteiger partial charge in [0.2, 0.25) is 5.91 Å². The van der Waals surface area contributed by atoms with Crippen molar-refractivity contribution in [2.75, 3.05) is 32.8 Å². The van der Waals surface area contributed by atoms with E-state index < -0.39 is 5.41 Å². The monoisotopic (exact) mass is 494 g/mol. The van der Waals surface area contributed by atoms with Gasteiger partial charge in [0.25, 0.3) is 11.8 Å². The van der Waals surface area contributed by atoms with Crippen molar-refractivity contribution in [3.05, 3.63) is 58.6 Å². The van der Waals surface area contributed by atoms with Crippen LogP contribution in [-0.4, -0.2) is 71.3 Å². The third-order valence-electron chi connectivity index (χ3n) is 7.37. The van der Waals surface area contributed by atoms with Crippen LogP contribution in [0, 0.1) is 5.41 Å². The lowest BCUT2D eigenvalue weighted by Crippen LogP contribution is -2.53. The molecule has 3 aliphatic rings. The van der Waals surface area contributed by atoms with E-state index in [1.54, 1.807) is 23.0 Å². The molecule has 8 nitrogen and oxygen atoms in total. The van der Waals surface area contributed by atoms with Gasteiger partial charge in [-0.15, -0.1) is 11.3 Å². The van der Waals surface area contributed by atoms with Crippen LogP contribution in [0.3, 0.4) is 0 Å². The molecule has 184 valence electrons. The number of fused-ring (bicyclic) bond motifs is 2. The van der Waals surface area contributed by atoms with Gasteiger partial charge in [-0.3, -0.25) is 14.4 Å². The van der Waals surface area contributed by atoms with Crippen molar-refractivity contribution in [1.29, 1.82) is 0 Å². The predicted octanol–water partition coefficient (Wildman–Crippen LogP) is 3.13. The standard InChI is InChI=1S/C26H30N4O4S/c31-23-20-7-1-2-8-22(20)34-16-19-6-5-13-30(19)25(33)26(9-3-4-12-27-23)10-14-29(15-11-26)24(32)21-17-35-18-28-21/h1-4,7-8,17-19H,5-6,9-16H2,(H,27,31)/b4-3-/t19-/m1/s1. The molecule has 2 aromatic rings. The first kappa shape index (κ1) is 23.5. The molecule has 2 saturated heterocycles. The zero-order valence-corrected chi connectivity index (χ0v) is 20.5. The Morgan fingerprint density at radius 1 is 1.14 bits per heavy atom. The Labute approximate surface area is 209 Å². The molecule has 5 rings (SSSR count). The number of amides is 3. The Morgan fingerprint density at radius 3 is 2.77 bits per heavy atom. The van der Waals surface area contributed by atoms with Crippen LogP contribution < -0.4 is 10.1 Å². The van der Waals surface area contributed by atoms with Crippen molar-refractivity contribution in [2.24, 2.45) is 5.41 Å². The second kappa shape index (κ2) is 10.2. The van der Waals surface area contributed by atoms with Crippen LogP contribution >= 0.6 is 11.3 Å². The number of thiazole rings is 1. The van der Waals surface area contributed by atoms with Gasteiger partial charge < -0.3 is 19.9 Å². The van der Waals surface area contributed by atoms with Crippen LogP contribution in [0.2, 0.25) is 0 Å². The number of rotatable bonds is 1. The summed E-state index contributed by atoms with van der Waals surface area (Å²) < 4.78 is 6.10. The molecule has 9 heteroatoms. The minimum absolute atomic E-state index is 0.0305. The summed E-state index contributed by atoms with van der Waals surface area (Å²) in [5.41, 5.74) is 2.07. The van der Waals surface area contributed by atoms with Crippen molar-refractivity contribution in [1.82, 2.24) is 20.1 Å². The maximum Gasteiger partial charge on any atom is 0.273 e. The second-order valence-corrected chi connectivity index (χ2v) is 10.2. The fourth-order valence-electron chi connectivity index (χ4n) is 5.31. The first-order valence-corrected chi connectivity index (χ1v) is 13.2. The lowest BCUT2D eigenvalue weighted by Gasteiger charge is -2.43. The highest BCUT2D eigenvalue weighted by molar-refractivity contribution is 7.07. The molecule has 1 N–H and O–H groups in total. The van der Waals surface area contributed by atoms with Crippen molar-refractivity contribution >= 4 is 29.1 Å². The quantitative estimate of drug-likeness (QED) is 0.615. The van der Waals surface area contributed by atoms with Gasteiger partial charge in [-0.2, -0.15) is 0 Å². The number of ether oxygens (including phenoxy) is 1. The second-order valence-electron chi connectivity index (χ2n) is 9.43. The number of likely N-dealkylation sites (tertiary alicyclic amines) is 1. The molecule has 1 atom stereocenters. The number of aromatic nitrogens is 1. The molecule has 1 aromatic heterocycles. The molecule has 3 amide bonds. The Kier molecular flexibility index (Phi) is 6.86. The highest BCUT2D eigenvalue weighted by Crippen LogP contribution is 2.40. The van der Waals surface area contributed by atoms with E-state index in [1.807, 2.05) is 34.1 Å². The minimum Gasteiger partial charge on any atom is -0.491 e. The molecule has 1 spiro atoms. The van der Waals surface area contributed by atoms with E-state index >= 15 is 0 Å². The Hall–Kier alpha value is -3.20. The van der Waals surface area contributed by atoms with E-state index in [4.69, 9.17) is 4.74 Å². The van der Waals surface area contributed by atoms with E-state index in [9.17, 15) is 14.4 Å². The van der Waals surface area contributed by atoms with Crippen LogP contribution in [-0.2, 0) is 4.79 Å². The number of piperidine rings is 1. The van der Waals surface area contributed by atoms with E-state index in [-0.39, 0.29) is 23.8 Å². The summed E-state index contributed by atoms with van der Waals surface area (Å²) in [7, 11) is 0. The molecule has 0 unspecified atom stereocenters. The molecule has 35 heavy (non-hydrogen) atoms. The van der Waals surface area contributed by atoms with Gasteiger partial charge in [0.05, 0.1) is 22.5 Å². The number of nitrogens with zero attached hydrogens (tertiary/aromatic N) is 3. The Bertz CT molecular complexity index is 1110. The first-order valence-electron chi connectivity index (χ1n) is 12.2. The fourth-order valence-corrected chi connectivity index (χ4v) is 5.84.